The van der Waals surface area contributed by atoms with Gasteiger partial charge < -0.3 is 10.6 Å². The number of anilines is 3. The third kappa shape index (κ3) is 6.89. The molecule has 3 aromatic rings. The lowest BCUT2D eigenvalue weighted by Crippen LogP contribution is -2.38. The third-order valence-electron chi connectivity index (χ3n) is 5.23. The van der Waals surface area contributed by atoms with Crippen molar-refractivity contribution in [3.05, 3.63) is 89.7 Å². The lowest BCUT2D eigenvalue weighted by atomic mass is 9.87. The van der Waals surface area contributed by atoms with Crippen LogP contribution in [-0.2, 0) is 20.2 Å². The van der Waals surface area contributed by atoms with Crippen molar-refractivity contribution in [3.8, 4) is 0 Å². The highest BCUT2D eigenvalue weighted by atomic mass is 32.2. The predicted octanol–water partition coefficient (Wildman–Crippen LogP) is 4.78. The summed E-state index contributed by atoms with van der Waals surface area (Å²) in [5, 5.41) is 5.37. The third-order valence-corrected chi connectivity index (χ3v) is 6.35. The van der Waals surface area contributed by atoms with Gasteiger partial charge in [0.1, 0.15) is 12.4 Å². The van der Waals surface area contributed by atoms with Gasteiger partial charge in [-0.25, -0.2) is 12.8 Å². The van der Waals surface area contributed by atoms with Crippen LogP contribution in [-0.4, -0.2) is 33.0 Å². The molecule has 35 heavy (non-hydrogen) atoms. The SMILES string of the molecule is CC(C)(C)c1ccc(C(=O)Nc2cccc(NC(=O)CN(c3ccccc3F)S(C)(=O)=O)c2)cc1. The van der Waals surface area contributed by atoms with E-state index >= 15 is 0 Å². The van der Waals surface area contributed by atoms with E-state index in [2.05, 4.69) is 31.4 Å². The normalized spacial score (nSPS) is 11.6. The molecule has 0 radical (unpaired) electrons. The van der Waals surface area contributed by atoms with E-state index in [1.807, 2.05) is 12.1 Å². The van der Waals surface area contributed by atoms with E-state index in [1.54, 1.807) is 36.4 Å². The van der Waals surface area contributed by atoms with E-state index in [9.17, 15) is 22.4 Å². The summed E-state index contributed by atoms with van der Waals surface area (Å²) in [5.74, 6) is -1.73. The molecule has 0 aliphatic rings. The lowest BCUT2D eigenvalue weighted by Gasteiger charge is -2.22. The minimum atomic E-state index is -3.92. The quantitative estimate of drug-likeness (QED) is 0.491. The fraction of sp³-hybridized carbons (Fsp3) is 0.231. The number of hydrogen-bond donors (Lipinski definition) is 2. The zero-order valence-electron chi connectivity index (χ0n) is 20.0. The standard InChI is InChI=1S/C26H28FN3O4S/c1-26(2,3)19-14-12-18(13-15-19)25(32)29-21-9-7-8-20(16-21)28-24(31)17-30(35(4,33)34)23-11-6-5-10-22(23)27/h5-16H,17H2,1-4H3,(H,28,31)(H,29,32). The highest BCUT2D eigenvalue weighted by molar-refractivity contribution is 7.92. The van der Waals surface area contributed by atoms with Crippen LogP contribution < -0.4 is 14.9 Å². The molecule has 0 heterocycles. The van der Waals surface area contributed by atoms with Crippen molar-refractivity contribution < 1.29 is 22.4 Å². The number of nitrogens with zero attached hydrogens (tertiary/aromatic N) is 1. The van der Waals surface area contributed by atoms with E-state index in [0.717, 1.165) is 17.9 Å². The largest absolute Gasteiger partial charge is 0.324 e. The maximum absolute atomic E-state index is 14.2. The minimum absolute atomic E-state index is 0.0273. The van der Waals surface area contributed by atoms with Crippen LogP contribution >= 0.6 is 0 Å². The Balaban J connectivity index is 1.70. The summed E-state index contributed by atoms with van der Waals surface area (Å²) in [6.07, 6.45) is 0.900. The summed E-state index contributed by atoms with van der Waals surface area (Å²) in [7, 11) is -3.92. The van der Waals surface area contributed by atoms with Crippen LogP contribution in [0.1, 0.15) is 36.7 Å². The second-order valence-corrected chi connectivity index (χ2v) is 11.0. The van der Waals surface area contributed by atoms with Crippen LogP contribution in [0.3, 0.4) is 0 Å². The molecule has 0 unspecified atom stereocenters. The Morgan fingerprint density at radius 2 is 1.49 bits per heavy atom. The summed E-state index contributed by atoms with van der Waals surface area (Å²) in [6.45, 7) is 5.66. The summed E-state index contributed by atoms with van der Waals surface area (Å²) in [4.78, 5) is 25.2. The van der Waals surface area contributed by atoms with E-state index in [0.29, 0.717) is 21.2 Å². The molecule has 2 N–H and O–H groups in total. The van der Waals surface area contributed by atoms with Gasteiger partial charge in [0, 0.05) is 16.9 Å². The molecule has 0 atom stereocenters. The Kier molecular flexibility index (Phi) is 7.60. The number of carbonyl (C=O) groups is 2. The molecule has 0 aliphatic heterocycles. The molecule has 0 fully saturated rings. The smallest absolute Gasteiger partial charge is 0.255 e. The van der Waals surface area contributed by atoms with Gasteiger partial charge in [-0.05, 0) is 53.4 Å². The Morgan fingerprint density at radius 3 is 2.06 bits per heavy atom. The summed E-state index contributed by atoms with van der Waals surface area (Å²) in [6, 6.07) is 19.1. The van der Waals surface area contributed by atoms with Crippen LogP contribution in [0.15, 0.2) is 72.8 Å². The van der Waals surface area contributed by atoms with Crippen molar-refractivity contribution in [1.82, 2.24) is 0 Å². The van der Waals surface area contributed by atoms with Gasteiger partial charge in [0.15, 0.2) is 0 Å². The van der Waals surface area contributed by atoms with Crippen molar-refractivity contribution in [3.63, 3.8) is 0 Å². The fourth-order valence-electron chi connectivity index (χ4n) is 3.37. The van der Waals surface area contributed by atoms with Crippen molar-refractivity contribution in [2.24, 2.45) is 0 Å². The Hall–Kier alpha value is -3.72. The predicted molar refractivity (Wildman–Crippen MR) is 137 cm³/mol. The molecular formula is C26H28FN3O4S. The first-order valence-electron chi connectivity index (χ1n) is 10.9. The number of amides is 2. The number of para-hydroxylation sites is 1. The first-order valence-corrected chi connectivity index (χ1v) is 12.7. The van der Waals surface area contributed by atoms with E-state index < -0.39 is 28.3 Å². The zero-order chi connectivity index (χ0) is 25.8. The number of nitrogens with one attached hydrogen (secondary N) is 2. The van der Waals surface area contributed by atoms with E-state index in [-0.39, 0.29) is 17.0 Å². The average molecular weight is 498 g/mol. The molecule has 0 bridgehead atoms. The molecule has 7 nitrogen and oxygen atoms in total. The summed E-state index contributed by atoms with van der Waals surface area (Å²) < 4.78 is 39.2. The van der Waals surface area contributed by atoms with Gasteiger partial charge in [0.25, 0.3) is 5.91 Å². The molecule has 0 aromatic heterocycles. The monoisotopic (exact) mass is 497 g/mol. The first-order chi connectivity index (χ1) is 16.3. The number of carbonyl (C=O) groups excluding carboxylic acids is 2. The molecule has 0 saturated carbocycles. The van der Waals surface area contributed by atoms with E-state index in [4.69, 9.17) is 0 Å². The van der Waals surface area contributed by atoms with Crippen molar-refractivity contribution >= 4 is 38.9 Å². The van der Waals surface area contributed by atoms with Gasteiger partial charge in [-0.3, -0.25) is 13.9 Å². The molecular weight excluding hydrogens is 469 g/mol. The maximum Gasteiger partial charge on any atom is 0.255 e. The van der Waals surface area contributed by atoms with Gasteiger partial charge in [0.05, 0.1) is 11.9 Å². The molecule has 0 spiro atoms. The Morgan fingerprint density at radius 1 is 0.886 bits per heavy atom. The molecule has 184 valence electrons. The van der Waals surface area contributed by atoms with Crippen LogP contribution in [0.5, 0.6) is 0 Å². The molecule has 3 rings (SSSR count). The minimum Gasteiger partial charge on any atom is -0.324 e. The summed E-state index contributed by atoms with van der Waals surface area (Å²) in [5.41, 5.74) is 2.14. The fourth-order valence-corrected chi connectivity index (χ4v) is 4.22. The molecule has 9 heteroatoms. The average Bonchev–Trinajstić information content (AvgIpc) is 2.77. The van der Waals surface area contributed by atoms with Gasteiger partial charge >= 0.3 is 0 Å². The van der Waals surface area contributed by atoms with Crippen molar-refractivity contribution in [1.29, 1.82) is 0 Å². The van der Waals surface area contributed by atoms with Crippen molar-refractivity contribution in [2.45, 2.75) is 26.2 Å². The highest BCUT2D eigenvalue weighted by Crippen LogP contribution is 2.24. The maximum atomic E-state index is 14.2. The Bertz CT molecular complexity index is 1330. The molecule has 0 aliphatic carbocycles. The highest BCUT2D eigenvalue weighted by Gasteiger charge is 2.23. The Labute approximate surface area is 205 Å². The summed E-state index contributed by atoms with van der Waals surface area (Å²) >= 11 is 0. The molecule has 0 saturated heterocycles. The topological polar surface area (TPSA) is 95.6 Å². The number of sulfonamides is 1. The molecule has 3 aromatic carbocycles. The second kappa shape index (κ2) is 10.3. The van der Waals surface area contributed by atoms with Gasteiger partial charge in [-0.15, -0.1) is 0 Å². The van der Waals surface area contributed by atoms with Crippen LogP contribution in [0, 0.1) is 5.82 Å². The number of benzene rings is 3. The zero-order valence-corrected chi connectivity index (χ0v) is 20.8. The second-order valence-electron chi connectivity index (χ2n) is 9.13. The lowest BCUT2D eigenvalue weighted by molar-refractivity contribution is -0.114. The first kappa shape index (κ1) is 25.9. The number of rotatable bonds is 7. The van der Waals surface area contributed by atoms with Crippen LogP contribution in [0.4, 0.5) is 21.5 Å². The van der Waals surface area contributed by atoms with Crippen LogP contribution in [0.2, 0.25) is 0 Å². The van der Waals surface area contributed by atoms with Gasteiger partial charge in [-0.1, -0.05) is 51.1 Å². The van der Waals surface area contributed by atoms with Crippen molar-refractivity contribution in [2.75, 3.05) is 27.7 Å². The van der Waals surface area contributed by atoms with Crippen LogP contribution in [0.25, 0.3) is 0 Å². The number of halogens is 1. The van der Waals surface area contributed by atoms with Gasteiger partial charge in [-0.2, -0.15) is 0 Å². The number of hydrogen-bond acceptors (Lipinski definition) is 4. The van der Waals surface area contributed by atoms with Gasteiger partial charge in [0.2, 0.25) is 15.9 Å². The van der Waals surface area contributed by atoms with E-state index in [1.165, 1.54) is 18.2 Å². The molecule has 2 amide bonds.